The molecule has 3 N–H and O–H groups in total. The van der Waals surface area contributed by atoms with Crippen LogP contribution in [0.1, 0.15) is 31.5 Å². The average Bonchev–Trinajstić information content (AvgIpc) is 2.41. The van der Waals surface area contributed by atoms with Crippen molar-refractivity contribution < 1.29 is 18.3 Å². The summed E-state index contributed by atoms with van der Waals surface area (Å²) in [5, 5.41) is 14.1. The molecule has 0 radical (unpaired) electrons. The normalized spacial score (nSPS) is 11.4. The number of anilines is 2. The number of hydrogen-bond donors (Lipinski definition) is 3. The topological polar surface area (TPSA) is 70.1 Å². The highest BCUT2D eigenvalue weighted by molar-refractivity contribution is 5.47. The van der Waals surface area contributed by atoms with Crippen LogP contribution in [0.25, 0.3) is 0 Å². The van der Waals surface area contributed by atoms with Crippen molar-refractivity contribution in [3.63, 3.8) is 0 Å². The van der Waals surface area contributed by atoms with Gasteiger partial charge in [-0.2, -0.15) is 13.2 Å². The van der Waals surface area contributed by atoms with E-state index in [4.69, 9.17) is 5.11 Å². The third-order valence-electron chi connectivity index (χ3n) is 2.63. The molecule has 0 unspecified atom stereocenters. The van der Waals surface area contributed by atoms with E-state index in [1.54, 1.807) is 0 Å². The van der Waals surface area contributed by atoms with Crippen LogP contribution in [0.4, 0.5) is 24.8 Å². The number of nitrogens with one attached hydrogen (secondary N) is 2. The fourth-order valence-corrected chi connectivity index (χ4v) is 1.60. The van der Waals surface area contributed by atoms with Gasteiger partial charge in [-0.05, 0) is 12.8 Å². The van der Waals surface area contributed by atoms with Gasteiger partial charge < -0.3 is 15.7 Å². The zero-order valence-electron chi connectivity index (χ0n) is 11.3. The molecule has 0 bridgehead atoms. The summed E-state index contributed by atoms with van der Waals surface area (Å²) in [6.07, 6.45) is -1.21. The van der Waals surface area contributed by atoms with Gasteiger partial charge in [0, 0.05) is 26.3 Å². The van der Waals surface area contributed by atoms with Crippen molar-refractivity contribution in [3.8, 4) is 0 Å². The van der Waals surface area contributed by atoms with E-state index in [9.17, 15) is 13.2 Å². The smallest absolute Gasteiger partial charge is 0.396 e. The summed E-state index contributed by atoms with van der Waals surface area (Å²) in [6.45, 7) is 0.697. The molecule has 8 heteroatoms. The molecular formula is C12H19F3N4O. The minimum atomic E-state index is -4.57. The predicted octanol–water partition coefficient (Wildman–Crippen LogP) is 2.50. The fraction of sp³-hybridized carbons (Fsp3) is 0.667. The van der Waals surface area contributed by atoms with E-state index in [1.165, 1.54) is 13.1 Å². The number of rotatable bonds is 8. The van der Waals surface area contributed by atoms with E-state index in [1.807, 2.05) is 0 Å². The molecule has 20 heavy (non-hydrogen) atoms. The maximum atomic E-state index is 12.6. The van der Waals surface area contributed by atoms with Crippen LogP contribution in [0.15, 0.2) is 6.07 Å². The molecule has 1 aromatic heterocycles. The second-order valence-corrected chi connectivity index (χ2v) is 4.27. The highest BCUT2D eigenvalue weighted by Gasteiger charge is 2.35. The van der Waals surface area contributed by atoms with Gasteiger partial charge in [0.25, 0.3) is 0 Å². The van der Waals surface area contributed by atoms with Crippen LogP contribution < -0.4 is 10.6 Å². The summed E-state index contributed by atoms with van der Waals surface area (Å²) >= 11 is 0. The SMILES string of the molecule is CNc1cc(NCCCCCCO)nc(C(F)(F)F)n1. The van der Waals surface area contributed by atoms with E-state index in [0.29, 0.717) is 6.54 Å². The highest BCUT2D eigenvalue weighted by Crippen LogP contribution is 2.28. The Morgan fingerprint density at radius 3 is 2.35 bits per heavy atom. The first-order valence-corrected chi connectivity index (χ1v) is 6.46. The molecule has 0 amide bonds. The van der Waals surface area contributed by atoms with Crippen LogP contribution >= 0.6 is 0 Å². The van der Waals surface area contributed by atoms with Crippen molar-refractivity contribution in [2.45, 2.75) is 31.9 Å². The van der Waals surface area contributed by atoms with Crippen LogP contribution in [-0.4, -0.2) is 35.3 Å². The molecule has 1 heterocycles. The van der Waals surface area contributed by atoms with Crippen LogP contribution in [0.5, 0.6) is 0 Å². The van der Waals surface area contributed by atoms with Gasteiger partial charge in [-0.1, -0.05) is 12.8 Å². The standard InChI is InChI=1S/C12H19F3N4O/c1-16-9-8-10(17-6-4-2-3-5-7-20)19-11(18-9)12(13,14)15/h8,20H,2-7H2,1H3,(H2,16,17,18,19). The van der Waals surface area contributed by atoms with E-state index < -0.39 is 12.0 Å². The van der Waals surface area contributed by atoms with Crippen LogP contribution in [0, 0.1) is 0 Å². The lowest BCUT2D eigenvalue weighted by atomic mass is 10.2. The van der Waals surface area contributed by atoms with Crippen molar-refractivity contribution in [1.29, 1.82) is 0 Å². The largest absolute Gasteiger partial charge is 0.451 e. The molecule has 114 valence electrons. The van der Waals surface area contributed by atoms with Crippen molar-refractivity contribution >= 4 is 11.6 Å². The van der Waals surface area contributed by atoms with Crippen molar-refractivity contribution in [3.05, 3.63) is 11.9 Å². The number of aliphatic hydroxyl groups is 1. The van der Waals surface area contributed by atoms with E-state index in [0.717, 1.165) is 25.7 Å². The summed E-state index contributed by atoms with van der Waals surface area (Å²) in [5.41, 5.74) is 0. The number of hydrogen-bond acceptors (Lipinski definition) is 5. The maximum Gasteiger partial charge on any atom is 0.451 e. The Morgan fingerprint density at radius 1 is 1.10 bits per heavy atom. The Morgan fingerprint density at radius 2 is 1.75 bits per heavy atom. The lowest BCUT2D eigenvalue weighted by molar-refractivity contribution is -0.144. The van der Waals surface area contributed by atoms with Crippen LogP contribution in [-0.2, 0) is 6.18 Å². The van der Waals surface area contributed by atoms with E-state index in [-0.39, 0.29) is 18.2 Å². The van der Waals surface area contributed by atoms with Crippen molar-refractivity contribution in [1.82, 2.24) is 9.97 Å². The van der Waals surface area contributed by atoms with Gasteiger partial charge in [-0.25, -0.2) is 9.97 Å². The van der Waals surface area contributed by atoms with Gasteiger partial charge in [0.2, 0.25) is 5.82 Å². The zero-order chi connectivity index (χ0) is 15.0. The van der Waals surface area contributed by atoms with Gasteiger partial charge in [0.15, 0.2) is 0 Å². The summed E-state index contributed by atoms with van der Waals surface area (Å²) in [5.74, 6) is -0.888. The highest BCUT2D eigenvalue weighted by atomic mass is 19.4. The van der Waals surface area contributed by atoms with Crippen molar-refractivity contribution in [2.24, 2.45) is 0 Å². The molecule has 0 aliphatic rings. The Kier molecular flexibility index (Phi) is 6.50. The summed E-state index contributed by atoms with van der Waals surface area (Å²) in [7, 11) is 1.50. The number of unbranched alkanes of at least 4 members (excludes halogenated alkanes) is 3. The monoisotopic (exact) mass is 292 g/mol. The second kappa shape index (κ2) is 7.88. The number of nitrogens with zero attached hydrogens (tertiary/aromatic N) is 2. The minimum absolute atomic E-state index is 0.120. The molecule has 5 nitrogen and oxygen atoms in total. The predicted molar refractivity (Wildman–Crippen MR) is 70.6 cm³/mol. The van der Waals surface area contributed by atoms with Gasteiger partial charge in [-0.3, -0.25) is 0 Å². The van der Waals surface area contributed by atoms with Crippen LogP contribution in [0.3, 0.4) is 0 Å². The van der Waals surface area contributed by atoms with Gasteiger partial charge in [-0.15, -0.1) is 0 Å². The molecule has 0 aliphatic carbocycles. The quantitative estimate of drug-likeness (QED) is 0.642. The molecule has 0 saturated carbocycles. The molecular weight excluding hydrogens is 273 g/mol. The summed E-state index contributed by atoms with van der Waals surface area (Å²) < 4.78 is 37.8. The van der Waals surface area contributed by atoms with Gasteiger partial charge in [0.1, 0.15) is 11.6 Å². The number of aromatic nitrogens is 2. The van der Waals surface area contributed by atoms with E-state index in [2.05, 4.69) is 20.6 Å². The third-order valence-corrected chi connectivity index (χ3v) is 2.63. The lowest BCUT2D eigenvalue weighted by Gasteiger charge is -2.11. The summed E-state index contributed by atoms with van der Waals surface area (Å²) in [6, 6.07) is 1.43. The molecule has 0 aromatic carbocycles. The first kappa shape index (κ1) is 16.5. The number of alkyl halides is 3. The molecule has 0 atom stereocenters. The second-order valence-electron chi connectivity index (χ2n) is 4.27. The van der Waals surface area contributed by atoms with Crippen molar-refractivity contribution in [2.75, 3.05) is 30.8 Å². The van der Waals surface area contributed by atoms with Crippen LogP contribution in [0.2, 0.25) is 0 Å². The fourth-order valence-electron chi connectivity index (χ4n) is 1.60. The Hall–Kier alpha value is -1.57. The third kappa shape index (κ3) is 5.60. The number of aliphatic hydroxyl groups excluding tert-OH is 1. The Labute approximate surface area is 115 Å². The summed E-state index contributed by atoms with van der Waals surface area (Å²) in [4.78, 5) is 6.84. The molecule has 0 spiro atoms. The van der Waals surface area contributed by atoms with E-state index >= 15 is 0 Å². The van der Waals surface area contributed by atoms with Gasteiger partial charge >= 0.3 is 6.18 Å². The lowest BCUT2D eigenvalue weighted by Crippen LogP contribution is -2.15. The molecule has 1 rings (SSSR count). The molecule has 0 aliphatic heterocycles. The minimum Gasteiger partial charge on any atom is -0.396 e. The maximum absolute atomic E-state index is 12.6. The Bertz CT molecular complexity index is 412. The average molecular weight is 292 g/mol. The number of halogens is 3. The van der Waals surface area contributed by atoms with Gasteiger partial charge in [0.05, 0.1) is 0 Å². The first-order valence-electron chi connectivity index (χ1n) is 6.46. The Balaban J connectivity index is 2.56. The molecule has 1 aromatic rings. The molecule has 0 fully saturated rings. The first-order chi connectivity index (χ1) is 9.47. The zero-order valence-corrected chi connectivity index (χ0v) is 11.3. The molecule has 0 saturated heterocycles.